The molecule has 0 aliphatic heterocycles. The fraction of sp³-hybridized carbons (Fsp3) is 0.0667. The van der Waals surface area contributed by atoms with Crippen molar-refractivity contribution in [3.63, 3.8) is 0 Å². The first-order chi connectivity index (χ1) is 8.77. The van der Waals surface area contributed by atoms with Crippen molar-refractivity contribution in [3.8, 4) is 11.8 Å². The lowest BCUT2D eigenvalue weighted by Gasteiger charge is -2.04. The van der Waals surface area contributed by atoms with E-state index in [0.29, 0.717) is 5.56 Å². The number of benzene rings is 1. The van der Waals surface area contributed by atoms with Crippen molar-refractivity contribution in [1.82, 2.24) is 4.98 Å². The molecule has 1 atom stereocenters. The predicted octanol–water partition coefficient (Wildman–Crippen LogP) is 2.30. The zero-order chi connectivity index (χ0) is 12.8. The van der Waals surface area contributed by atoms with Crippen molar-refractivity contribution in [3.05, 3.63) is 66.0 Å². The minimum absolute atomic E-state index is 0.591. The molecule has 0 aliphatic carbocycles. The largest absolute Gasteiger partial charge is 0.480 e. The van der Waals surface area contributed by atoms with Crippen LogP contribution in [-0.2, 0) is 4.79 Å². The number of pyridine rings is 1. The average Bonchev–Trinajstić information content (AvgIpc) is 2.41. The Morgan fingerprint density at radius 2 is 1.94 bits per heavy atom. The van der Waals surface area contributed by atoms with E-state index >= 15 is 0 Å². The lowest BCUT2D eigenvalue weighted by molar-refractivity contribution is -0.137. The second-order valence-corrected chi connectivity index (χ2v) is 3.69. The van der Waals surface area contributed by atoms with Crippen molar-refractivity contribution in [2.45, 2.75) is 5.92 Å². The molecule has 0 fully saturated rings. The summed E-state index contributed by atoms with van der Waals surface area (Å²) in [6.07, 6.45) is 3.13. The number of aliphatic carboxylic acids is 1. The summed E-state index contributed by atoms with van der Waals surface area (Å²) in [5.74, 6) is 3.81. The van der Waals surface area contributed by atoms with Crippen LogP contribution in [0.25, 0.3) is 0 Å². The number of carboxylic acid groups (broad SMARTS) is 1. The molecule has 0 amide bonds. The molecular formula is C15H11NO2. The smallest absolute Gasteiger partial charge is 0.323 e. The van der Waals surface area contributed by atoms with Gasteiger partial charge >= 0.3 is 5.97 Å². The van der Waals surface area contributed by atoms with Gasteiger partial charge in [-0.3, -0.25) is 9.78 Å². The summed E-state index contributed by atoms with van der Waals surface area (Å²) in [7, 11) is 0. The number of nitrogens with zero attached hydrogens (tertiary/aromatic N) is 1. The molecule has 0 bridgehead atoms. The van der Waals surface area contributed by atoms with Crippen LogP contribution < -0.4 is 0 Å². The molecule has 3 heteroatoms. The Balaban J connectivity index is 2.29. The van der Waals surface area contributed by atoms with E-state index in [2.05, 4.69) is 16.8 Å². The van der Waals surface area contributed by atoms with Gasteiger partial charge in [0.05, 0.1) is 0 Å². The SMILES string of the molecule is O=C(O)C(C#Cc1ccccc1)c1cccnc1. The molecule has 1 unspecified atom stereocenters. The predicted molar refractivity (Wildman–Crippen MR) is 67.9 cm³/mol. The Morgan fingerprint density at radius 1 is 1.17 bits per heavy atom. The molecule has 1 N–H and O–H groups in total. The van der Waals surface area contributed by atoms with Gasteiger partial charge in [0.15, 0.2) is 0 Å². The summed E-state index contributed by atoms with van der Waals surface area (Å²) >= 11 is 0. The van der Waals surface area contributed by atoms with Crippen LogP contribution in [0, 0.1) is 11.8 Å². The van der Waals surface area contributed by atoms with Crippen LogP contribution in [0.1, 0.15) is 17.0 Å². The molecular weight excluding hydrogens is 226 g/mol. The minimum Gasteiger partial charge on any atom is -0.480 e. The second-order valence-electron chi connectivity index (χ2n) is 3.69. The maximum absolute atomic E-state index is 11.2. The van der Waals surface area contributed by atoms with E-state index in [1.807, 2.05) is 30.3 Å². The third-order valence-electron chi connectivity index (χ3n) is 2.40. The average molecular weight is 237 g/mol. The Labute approximate surface area is 105 Å². The first kappa shape index (κ1) is 11.9. The topological polar surface area (TPSA) is 50.2 Å². The van der Waals surface area contributed by atoms with Crippen molar-refractivity contribution in [2.24, 2.45) is 0 Å². The summed E-state index contributed by atoms with van der Waals surface area (Å²) in [5, 5.41) is 9.17. The third kappa shape index (κ3) is 2.96. The van der Waals surface area contributed by atoms with Crippen LogP contribution in [0.3, 0.4) is 0 Å². The molecule has 3 nitrogen and oxygen atoms in total. The fourth-order valence-electron chi connectivity index (χ4n) is 1.51. The molecule has 0 spiro atoms. The summed E-state index contributed by atoms with van der Waals surface area (Å²) in [5.41, 5.74) is 1.39. The van der Waals surface area contributed by atoms with Crippen molar-refractivity contribution >= 4 is 5.97 Å². The third-order valence-corrected chi connectivity index (χ3v) is 2.40. The normalized spacial score (nSPS) is 11.1. The van der Waals surface area contributed by atoms with Gasteiger partial charge in [-0.05, 0) is 23.8 Å². The fourth-order valence-corrected chi connectivity index (χ4v) is 1.51. The van der Waals surface area contributed by atoms with Gasteiger partial charge in [0, 0.05) is 18.0 Å². The van der Waals surface area contributed by atoms with Crippen LogP contribution >= 0.6 is 0 Å². The van der Waals surface area contributed by atoms with Crippen molar-refractivity contribution < 1.29 is 9.90 Å². The van der Waals surface area contributed by atoms with E-state index in [0.717, 1.165) is 5.56 Å². The molecule has 0 radical (unpaired) electrons. The van der Waals surface area contributed by atoms with Gasteiger partial charge in [0.2, 0.25) is 0 Å². The maximum atomic E-state index is 11.2. The molecule has 1 aromatic carbocycles. The molecule has 2 rings (SSSR count). The maximum Gasteiger partial charge on any atom is 0.323 e. The number of aromatic nitrogens is 1. The van der Waals surface area contributed by atoms with Gasteiger partial charge < -0.3 is 5.11 Å². The lowest BCUT2D eigenvalue weighted by Crippen LogP contribution is -2.09. The van der Waals surface area contributed by atoms with Gasteiger partial charge in [-0.2, -0.15) is 0 Å². The highest BCUT2D eigenvalue weighted by Gasteiger charge is 2.16. The van der Waals surface area contributed by atoms with Crippen LogP contribution in [0.4, 0.5) is 0 Å². The van der Waals surface area contributed by atoms with E-state index in [-0.39, 0.29) is 0 Å². The Hall–Kier alpha value is -2.60. The van der Waals surface area contributed by atoms with E-state index in [4.69, 9.17) is 0 Å². The zero-order valence-electron chi connectivity index (χ0n) is 9.58. The Bertz CT molecular complexity index is 582. The van der Waals surface area contributed by atoms with Gasteiger partial charge in [-0.15, -0.1) is 0 Å². The summed E-state index contributed by atoms with van der Waals surface area (Å²) < 4.78 is 0. The highest BCUT2D eigenvalue weighted by Crippen LogP contribution is 2.13. The van der Waals surface area contributed by atoms with Crippen LogP contribution in [0.2, 0.25) is 0 Å². The van der Waals surface area contributed by atoms with Gasteiger partial charge in [-0.1, -0.05) is 36.1 Å². The quantitative estimate of drug-likeness (QED) is 0.815. The summed E-state index contributed by atoms with van der Waals surface area (Å²) in [6, 6.07) is 12.7. The highest BCUT2D eigenvalue weighted by atomic mass is 16.4. The van der Waals surface area contributed by atoms with Crippen molar-refractivity contribution in [2.75, 3.05) is 0 Å². The first-order valence-electron chi connectivity index (χ1n) is 5.46. The molecule has 18 heavy (non-hydrogen) atoms. The van der Waals surface area contributed by atoms with E-state index in [1.54, 1.807) is 18.3 Å². The Morgan fingerprint density at radius 3 is 2.56 bits per heavy atom. The van der Waals surface area contributed by atoms with E-state index in [9.17, 15) is 9.90 Å². The van der Waals surface area contributed by atoms with E-state index in [1.165, 1.54) is 6.20 Å². The molecule has 88 valence electrons. The second kappa shape index (κ2) is 5.65. The number of hydrogen-bond donors (Lipinski definition) is 1. The molecule has 1 heterocycles. The van der Waals surface area contributed by atoms with Crippen molar-refractivity contribution in [1.29, 1.82) is 0 Å². The monoisotopic (exact) mass is 237 g/mol. The van der Waals surface area contributed by atoms with Crippen LogP contribution in [0.15, 0.2) is 54.9 Å². The lowest BCUT2D eigenvalue weighted by atomic mass is 10.0. The van der Waals surface area contributed by atoms with Crippen LogP contribution in [0.5, 0.6) is 0 Å². The van der Waals surface area contributed by atoms with E-state index < -0.39 is 11.9 Å². The molecule has 1 aromatic heterocycles. The standard InChI is InChI=1S/C15H11NO2/c17-15(18)14(13-7-4-10-16-11-13)9-8-12-5-2-1-3-6-12/h1-7,10-11,14H,(H,17,18). The molecule has 0 saturated heterocycles. The zero-order valence-corrected chi connectivity index (χ0v) is 9.58. The molecule has 0 aliphatic rings. The first-order valence-corrected chi connectivity index (χ1v) is 5.46. The minimum atomic E-state index is -0.966. The van der Waals surface area contributed by atoms with Gasteiger partial charge in [0.25, 0.3) is 0 Å². The van der Waals surface area contributed by atoms with Gasteiger partial charge in [-0.25, -0.2) is 0 Å². The number of carboxylic acids is 1. The summed E-state index contributed by atoms with van der Waals surface area (Å²) in [6.45, 7) is 0. The van der Waals surface area contributed by atoms with Crippen LogP contribution in [-0.4, -0.2) is 16.1 Å². The number of hydrogen-bond acceptors (Lipinski definition) is 2. The van der Waals surface area contributed by atoms with Gasteiger partial charge in [0.1, 0.15) is 5.92 Å². The number of carbonyl (C=O) groups is 1. The highest BCUT2D eigenvalue weighted by molar-refractivity contribution is 5.80. The number of rotatable bonds is 2. The Kier molecular flexibility index (Phi) is 3.72. The summed E-state index contributed by atoms with van der Waals surface area (Å²) in [4.78, 5) is 15.1. The molecule has 0 saturated carbocycles. The molecule has 2 aromatic rings.